The predicted octanol–water partition coefficient (Wildman–Crippen LogP) is 1.04. The first kappa shape index (κ1) is 14.6. The Kier molecular flexibility index (Phi) is 5.42. The monoisotopic (exact) mass is 259 g/mol. The van der Waals surface area contributed by atoms with E-state index in [0.717, 1.165) is 11.1 Å². The molecule has 1 aromatic carbocycles. The summed E-state index contributed by atoms with van der Waals surface area (Å²) < 4.78 is 0. The Morgan fingerprint density at radius 1 is 1.37 bits per heavy atom. The summed E-state index contributed by atoms with van der Waals surface area (Å²) in [7, 11) is 0. The van der Waals surface area contributed by atoms with Crippen LogP contribution in [0.4, 0.5) is 0 Å². The van der Waals surface area contributed by atoms with Crippen molar-refractivity contribution < 1.29 is 9.90 Å². The van der Waals surface area contributed by atoms with Crippen molar-refractivity contribution in [3.8, 4) is 12.3 Å². The van der Waals surface area contributed by atoms with Crippen molar-refractivity contribution in [3.63, 3.8) is 0 Å². The zero-order valence-electron chi connectivity index (χ0n) is 10.5. The number of aliphatic imine (C=N–C) groups is 1. The summed E-state index contributed by atoms with van der Waals surface area (Å²) in [5.41, 5.74) is 12.1. The number of guanidine groups is 1. The van der Waals surface area contributed by atoms with Gasteiger partial charge in [-0.05, 0) is 17.5 Å². The van der Waals surface area contributed by atoms with Gasteiger partial charge in [-0.2, -0.15) is 0 Å². The molecule has 1 aromatic rings. The van der Waals surface area contributed by atoms with E-state index in [1.807, 2.05) is 12.1 Å². The van der Waals surface area contributed by atoms with Gasteiger partial charge in [0.2, 0.25) is 0 Å². The maximum atomic E-state index is 11.2. The van der Waals surface area contributed by atoms with Gasteiger partial charge >= 0.3 is 5.97 Å². The molecule has 0 aliphatic carbocycles. The molecule has 5 nitrogen and oxygen atoms in total. The molecular formula is C14H17N3O2. The average molecular weight is 259 g/mol. The minimum Gasteiger partial charge on any atom is -0.481 e. The lowest BCUT2D eigenvalue weighted by atomic mass is 9.94. The Bertz CT molecular complexity index is 496. The van der Waals surface area contributed by atoms with E-state index in [4.69, 9.17) is 17.9 Å². The van der Waals surface area contributed by atoms with Crippen LogP contribution >= 0.6 is 0 Å². The van der Waals surface area contributed by atoms with Crippen LogP contribution in [0.3, 0.4) is 0 Å². The highest BCUT2D eigenvalue weighted by Gasteiger charge is 2.18. The van der Waals surface area contributed by atoms with Gasteiger partial charge < -0.3 is 16.6 Å². The summed E-state index contributed by atoms with van der Waals surface area (Å²) in [5, 5.41) is 9.18. The molecule has 0 bridgehead atoms. The molecule has 0 saturated carbocycles. The van der Waals surface area contributed by atoms with Crippen LogP contribution in [-0.2, 0) is 11.3 Å². The van der Waals surface area contributed by atoms with E-state index in [2.05, 4.69) is 10.9 Å². The van der Waals surface area contributed by atoms with Crippen molar-refractivity contribution in [3.05, 3.63) is 35.4 Å². The van der Waals surface area contributed by atoms with Crippen LogP contribution in [0, 0.1) is 12.3 Å². The second-order valence-corrected chi connectivity index (χ2v) is 4.12. The van der Waals surface area contributed by atoms with Gasteiger partial charge in [-0.1, -0.05) is 24.3 Å². The maximum Gasteiger partial charge on any atom is 0.311 e. The standard InChI is InChI=1S/C14H17N3O2/c1-2-3-4-12(13(18)19)11-7-5-10(6-8-11)9-17-14(15)16/h1,5-8,12H,3-4,9H2,(H,18,19)(H4,15,16,17)/t12-/m1/s1. The Hall–Kier alpha value is -2.48. The third-order valence-electron chi connectivity index (χ3n) is 2.70. The van der Waals surface area contributed by atoms with Crippen molar-refractivity contribution >= 4 is 11.9 Å². The van der Waals surface area contributed by atoms with Crippen LogP contribution in [-0.4, -0.2) is 17.0 Å². The minimum atomic E-state index is -0.868. The molecule has 5 N–H and O–H groups in total. The second-order valence-electron chi connectivity index (χ2n) is 4.12. The molecule has 5 heteroatoms. The zero-order valence-corrected chi connectivity index (χ0v) is 10.5. The molecule has 100 valence electrons. The Balaban J connectivity index is 2.80. The number of nitrogens with zero attached hydrogens (tertiary/aromatic N) is 1. The topological polar surface area (TPSA) is 102 Å². The second kappa shape index (κ2) is 7.07. The van der Waals surface area contributed by atoms with Crippen LogP contribution in [0.25, 0.3) is 0 Å². The van der Waals surface area contributed by atoms with Gasteiger partial charge in [0.1, 0.15) is 0 Å². The van der Waals surface area contributed by atoms with Crippen LogP contribution < -0.4 is 11.5 Å². The lowest BCUT2D eigenvalue weighted by Gasteiger charge is -2.11. The largest absolute Gasteiger partial charge is 0.481 e. The SMILES string of the molecule is C#CCC[C@@H](C(=O)O)c1ccc(CN=C(N)N)cc1. The fourth-order valence-electron chi connectivity index (χ4n) is 1.70. The lowest BCUT2D eigenvalue weighted by molar-refractivity contribution is -0.138. The van der Waals surface area contributed by atoms with Crippen molar-refractivity contribution in [1.29, 1.82) is 0 Å². The molecule has 0 aliphatic rings. The Morgan fingerprint density at radius 3 is 2.47 bits per heavy atom. The molecule has 0 radical (unpaired) electrons. The number of nitrogens with two attached hydrogens (primary N) is 2. The molecule has 0 spiro atoms. The quantitative estimate of drug-likeness (QED) is 0.403. The molecule has 0 saturated heterocycles. The first-order valence-corrected chi connectivity index (χ1v) is 5.85. The average Bonchev–Trinajstić information content (AvgIpc) is 2.37. The van der Waals surface area contributed by atoms with Crippen LogP contribution in [0.15, 0.2) is 29.3 Å². The molecular weight excluding hydrogens is 242 g/mol. The summed E-state index contributed by atoms with van der Waals surface area (Å²) in [6.45, 7) is 0.380. The van der Waals surface area contributed by atoms with E-state index in [1.54, 1.807) is 12.1 Å². The van der Waals surface area contributed by atoms with Gasteiger partial charge in [0.05, 0.1) is 12.5 Å². The van der Waals surface area contributed by atoms with Gasteiger partial charge in [0.25, 0.3) is 0 Å². The van der Waals surface area contributed by atoms with E-state index < -0.39 is 11.9 Å². The number of benzene rings is 1. The number of terminal acetylenes is 1. The number of hydrogen-bond acceptors (Lipinski definition) is 2. The van der Waals surface area contributed by atoms with Gasteiger partial charge in [0, 0.05) is 6.42 Å². The summed E-state index contributed by atoms with van der Waals surface area (Å²) in [6, 6.07) is 7.17. The van der Waals surface area contributed by atoms with Gasteiger partial charge in [0.15, 0.2) is 5.96 Å². The summed E-state index contributed by atoms with van der Waals surface area (Å²) in [6.07, 6.45) is 6.03. The molecule has 0 fully saturated rings. The highest BCUT2D eigenvalue weighted by Crippen LogP contribution is 2.22. The lowest BCUT2D eigenvalue weighted by Crippen LogP contribution is -2.22. The van der Waals surface area contributed by atoms with E-state index in [-0.39, 0.29) is 5.96 Å². The molecule has 0 heterocycles. The van der Waals surface area contributed by atoms with E-state index in [9.17, 15) is 9.90 Å². The number of carbonyl (C=O) groups is 1. The number of hydrogen-bond donors (Lipinski definition) is 3. The van der Waals surface area contributed by atoms with Crippen molar-refractivity contribution in [1.82, 2.24) is 0 Å². The van der Waals surface area contributed by atoms with E-state index in [0.29, 0.717) is 19.4 Å². The first-order valence-electron chi connectivity index (χ1n) is 5.85. The molecule has 0 aromatic heterocycles. The van der Waals surface area contributed by atoms with Crippen LogP contribution in [0.1, 0.15) is 29.9 Å². The fourth-order valence-corrected chi connectivity index (χ4v) is 1.70. The molecule has 1 atom stereocenters. The number of carboxylic acid groups (broad SMARTS) is 1. The summed E-state index contributed by atoms with van der Waals surface area (Å²) in [4.78, 5) is 15.1. The van der Waals surface area contributed by atoms with E-state index in [1.165, 1.54) is 0 Å². The molecule has 0 aliphatic heterocycles. The Labute approximate surface area is 112 Å². The van der Waals surface area contributed by atoms with Crippen molar-refractivity contribution in [2.24, 2.45) is 16.5 Å². The van der Waals surface area contributed by atoms with E-state index >= 15 is 0 Å². The Morgan fingerprint density at radius 2 is 2.00 bits per heavy atom. The molecule has 19 heavy (non-hydrogen) atoms. The van der Waals surface area contributed by atoms with Crippen LogP contribution in [0.5, 0.6) is 0 Å². The summed E-state index contributed by atoms with van der Waals surface area (Å²) >= 11 is 0. The maximum absolute atomic E-state index is 11.2. The molecule has 0 unspecified atom stereocenters. The third-order valence-corrected chi connectivity index (χ3v) is 2.70. The van der Waals surface area contributed by atoms with Gasteiger partial charge in [-0.25, -0.2) is 4.99 Å². The predicted molar refractivity (Wildman–Crippen MR) is 74.4 cm³/mol. The zero-order chi connectivity index (χ0) is 14.3. The number of rotatable bonds is 6. The smallest absolute Gasteiger partial charge is 0.311 e. The van der Waals surface area contributed by atoms with Crippen molar-refractivity contribution in [2.45, 2.75) is 25.3 Å². The fraction of sp³-hybridized carbons (Fsp3) is 0.286. The third kappa shape index (κ3) is 4.72. The minimum absolute atomic E-state index is 0.0292. The number of carboxylic acids is 1. The highest BCUT2D eigenvalue weighted by molar-refractivity contribution is 5.76. The number of aliphatic carboxylic acids is 1. The summed E-state index contributed by atoms with van der Waals surface area (Å²) in [5.74, 6) is 1.04. The van der Waals surface area contributed by atoms with Crippen molar-refractivity contribution in [2.75, 3.05) is 0 Å². The first-order chi connectivity index (χ1) is 9.04. The molecule has 1 rings (SSSR count). The highest BCUT2D eigenvalue weighted by atomic mass is 16.4. The van der Waals surface area contributed by atoms with Crippen LogP contribution in [0.2, 0.25) is 0 Å². The molecule has 0 amide bonds. The van der Waals surface area contributed by atoms with Gasteiger partial charge in [-0.15, -0.1) is 12.3 Å². The normalized spacial score (nSPS) is 11.3. The van der Waals surface area contributed by atoms with Gasteiger partial charge in [-0.3, -0.25) is 4.79 Å².